The third-order valence-corrected chi connectivity index (χ3v) is 16.3. The van der Waals surface area contributed by atoms with Gasteiger partial charge in [0, 0.05) is 6.42 Å². The van der Waals surface area contributed by atoms with Crippen molar-refractivity contribution in [1.82, 2.24) is 5.32 Å². The van der Waals surface area contributed by atoms with E-state index in [0.29, 0.717) is 12.8 Å². The van der Waals surface area contributed by atoms with Crippen molar-refractivity contribution < 1.29 is 89.4 Å². The first-order valence-electron chi connectivity index (χ1n) is 35.2. The summed E-state index contributed by atoms with van der Waals surface area (Å²) in [6, 6.07) is -1.01. The van der Waals surface area contributed by atoms with Crippen molar-refractivity contribution in [2.75, 3.05) is 26.4 Å². The lowest BCUT2D eigenvalue weighted by Crippen LogP contribution is -2.66. The summed E-state index contributed by atoms with van der Waals surface area (Å²) in [5, 5.41) is 120. The van der Waals surface area contributed by atoms with Crippen LogP contribution < -0.4 is 5.32 Å². The molecule has 0 saturated carbocycles. The second-order valence-corrected chi connectivity index (χ2v) is 24.2. The Balaban J connectivity index is 1.35. The summed E-state index contributed by atoms with van der Waals surface area (Å²) < 4.78 is 34.2. The molecule has 538 valence electrons. The maximum atomic E-state index is 13.4. The molecule has 0 aromatic rings. The van der Waals surface area contributed by atoms with Crippen LogP contribution in [0.25, 0.3) is 0 Å². The van der Waals surface area contributed by atoms with Gasteiger partial charge in [-0.1, -0.05) is 217 Å². The normalized spacial score (nSPS) is 28.2. The maximum absolute atomic E-state index is 13.4. The lowest BCUT2D eigenvalue weighted by molar-refractivity contribution is -0.379. The van der Waals surface area contributed by atoms with E-state index in [9.17, 15) is 61.0 Å². The van der Waals surface area contributed by atoms with Crippen molar-refractivity contribution in [2.45, 2.75) is 285 Å². The number of aliphatic hydroxyl groups excluding tert-OH is 11. The molecule has 17 unspecified atom stereocenters. The van der Waals surface area contributed by atoms with Gasteiger partial charge in [0.15, 0.2) is 18.9 Å². The molecule has 0 bridgehead atoms. The average Bonchev–Trinajstić information content (AvgIpc) is 0.787. The highest BCUT2D eigenvalue weighted by molar-refractivity contribution is 5.76. The minimum atomic E-state index is -1.99. The van der Waals surface area contributed by atoms with E-state index in [-0.39, 0.29) is 18.9 Å². The van der Waals surface area contributed by atoms with E-state index in [1.165, 1.54) is 25.7 Å². The van der Waals surface area contributed by atoms with Crippen LogP contribution in [0.15, 0.2) is 158 Å². The Hall–Kier alpha value is -4.59. The number of amides is 1. The zero-order chi connectivity index (χ0) is 68.9. The number of aliphatic hydroxyl groups is 11. The standard InChI is InChI=1S/C76H121NO18/c1-3-5-7-9-11-13-15-16-17-18-19-20-21-22-23-24-25-26-27-28-29-30-31-32-33-34-35-36-37-38-39-40-41-42-44-46-48-50-52-54-64(82)77-59(60(81)53-51-49-47-45-43-14-12-10-8-6-4-2)58-90-74-70(88)67(85)72(62(56-79)92-74)95-76-71(89)68(86)73(63(57-80)93-76)94-75-69(87)66(84)65(83)61(55-78)91-75/h5,7,11,13,16-17,19-20,22-23,25-26,28-29,31-32,34-35,37-38,40-41,43,45,51,53,59-63,65-76,78-81,83-89H,3-4,6,8-10,12,14-15,18,21,24,27,30,33,36,39,42,44,46-50,52,54-58H2,1-2H3,(H,77,82)/b7-5-,13-11-,17-16-,20-19-,23-22-,26-25-,29-28-,32-31-,35-34-,38-37-,41-40-,45-43+,53-51+. The third kappa shape index (κ3) is 36.7. The fraction of sp³-hybridized carbons (Fsp3) is 0.645. The van der Waals surface area contributed by atoms with E-state index < -0.39 is 124 Å². The quantitative estimate of drug-likeness (QED) is 0.0199. The van der Waals surface area contributed by atoms with Gasteiger partial charge in [0.05, 0.1) is 38.6 Å². The molecule has 17 atom stereocenters. The Morgan fingerprint density at radius 1 is 0.389 bits per heavy atom. The first-order valence-corrected chi connectivity index (χ1v) is 35.2. The van der Waals surface area contributed by atoms with Crippen LogP contribution in [0, 0.1) is 0 Å². The smallest absolute Gasteiger partial charge is 0.220 e. The first-order chi connectivity index (χ1) is 46.3. The zero-order valence-corrected chi connectivity index (χ0v) is 56.8. The second kappa shape index (κ2) is 55.3. The van der Waals surface area contributed by atoms with Crippen LogP contribution in [-0.2, 0) is 33.2 Å². The van der Waals surface area contributed by atoms with Crippen LogP contribution in [0.1, 0.15) is 181 Å². The summed E-state index contributed by atoms with van der Waals surface area (Å²) >= 11 is 0. The van der Waals surface area contributed by atoms with Crippen LogP contribution >= 0.6 is 0 Å². The molecule has 0 radical (unpaired) electrons. The van der Waals surface area contributed by atoms with Gasteiger partial charge in [-0.2, -0.15) is 0 Å². The lowest BCUT2D eigenvalue weighted by Gasteiger charge is -2.48. The number of nitrogens with one attached hydrogen (secondary N) is 1. The first kappa shape index (κ1) is 84.6. The fourth-order valence-electron chi connectivity index (χ4n) is 10.6. The number of hydrogen-bond donors (Lipinski definition) is 12. The number of unbranched alkanes of at least 4 members (excludes halogenated alkanes) is 11. The number of carbonyl (C=O) groups is 1. The molecule has 0 aliphatic carbocycles. The van der Waals surface area contributed by atoms with Gasteiger partial charge >= 0.3 is 0 Å². The highest BCUT2D eigenvalue weighted by Crippen LogP contribution is 2.33. The van der Waals surface area contributed by atoms with Crippen molar-refractivity contribution >= 4 is 5.91 Å². The van der Waals surface area contributed by atoms with Gasteiger partial charge in [-0.15, -0.1) is 0 Å². The average molecular weight is 1340 g/mol. The van der Waals surface area contributed by atoms with Crippen LogP contribution in [0.3, 0.4) is 0 Å². The summed E-state index contributed by atoms with van der Waals surface area (Å²) in [6.07, 6.45) is 53.9. The molecule has 3 saturated heterocycles. The van der Waals surface area contributed by atoms with Crippen LogP contribution in [-0.4, -0.2) is 193 Å². The Bertz CT molecular complexity index is 2340. The highest BCUT2D eigenvalue weighted by atomic mass is 16.8. The fourth-order valence-corrected chi connectivity index (χ4v) is 10.6. The van der Waals surface area contributed by atoms with Crippen molar-refractivity contribution in [1.29, 1.82) is 0 Å². The van der Waals surface area contributed by atoms with E-state index in [4.69, 9.17) is 28.4 Å². The molecule has 0 spiro atoms. The molecule has 95 heavy (non-hydrogen) atoms. The van der Waals surface area contributed by atoms with Crippen LogP contribution in [0.2, 0.25) is 0 Å². The van der Waals surface area contributed by atoms with E-state index in [1.54, 1.807) is 6.08 Å². The highest BCUT2D eigenvalue weighted by Gasteiger charge is 2.53. The maximum Gasteiger partial charge on any atom is 0.220 e. The van der Waals surface area contributed by atoms with Gasteiger partial charge in [-0.3, -0.25) is 4.79 Å². The largest absolute Gasteiger partial charge is 0.394 e. The number of rotatable bonds is 51. The zero-order valence-electron chi connectivity index (χ0n) is 56.8. The molecule has 19 heteroatoms. The Morgan fingerprint density at radius 2 is 0.737 bits per heavy atom. The van der Waals surface area contributed by atoms with E-state index in [2.05, 4.69) is 165 Å². The van der Waals surface area contributed by atoms with E-state index in [1.807, 2.05) is 6.08 Å². The van der Waals surface area contributed by atoms with Gasteiger partial charge in [0.25, 0.3) is 0 Å². The predicted molar refractivity (Wildman–Crippen MR) is 373 cm³/mol. The SMILES string of the molecule is CC/C=C\C/C=C\C/C=C\C/C=C\C/C=C\C/C=C\C/C=C\C/C=C\C/C=C\C/C=C\C/C=C\CCCCCCCC(=O)NC(COC1OC(CO)C(OC2OC(CO)C(OC3OC(CO)C(O)C(O)C3O)C(O)C2O)C(O)C1O)C(O)/C=C/CC/C=C/CCCCCCC. The summed E-state index contributed by atoms with van der Waals surface area (Å²) in [5.74, 6) is -0.314. The Labute approximate surface area is 567 Å². The molecule has 0 aromatic heterocycles. The van der Waals surface area contributed by atoms with Crippen LogP contribution in [0.5, 0.6) is 0 Å². The molecule has 3 heterocycles. The van der Waals surface area contributed by atoms with Crippen LogP contribution in [0.4, 0.5) is 0 Å². The topological polar surface area (TPSA) is 307 Å². The van der Waals surface area contributed by atoms with Gasteiger partial charge in [-0.05, 0) is 116 Å². The second-order valence-electron chi connectivity index (χ2n) is 24.2. The van der Waals surface area contributed by atoms with Crippen molar-refractivity contribution in [3.63, 3.8) is 0 Å². The summed E-state index contributed by atoms with van der Waals surface area (Å²) in [5.41, 5.74) is 0. The number of carbonyl (C=O) groups excluding carboxylic acids is 1. The summed E-state index contributed by atoms with van der Waals surface area (Å²) in [7, 11) is 0. The van der Waals surface area contributed by atoms with Crippen molar-refractivity contribution in [3.8, 4) is 0 Å². The van der Waals surface area contributed by atoms with Gasteiger partial charge < -0.3 is 89.9 Å². The van der Waals surface area contributed by atoms with Crippen molar-refractivity contribution in [3.05, 3.63) is 158 Å². The molecular weight excluding hydrogens is 1210 g/mol. The molecule has 3 aliphatic rings. The third-order valence-electron chi connectivity index (χ3n) is 16.3. The van der Waals surface area contributed by atoms with Gasteiger partial charge in [0.1, 0.15) is 73.2 Å². The molecule has 12 N–H and O–H groups in total. The van der Waals surface area contributed by atoms with Gasteiger partial charge in [-0.25, -0.2) is 0 Å². The number of ether oxygens (including phenoxy) is 6. The van der Waals surface area contributed by atoms with E-state index >= 15 is 0 Å². The Kier molecular flexibility index (Phi) is 49.3. The van der Waals surface area contributed by atoms with Gasteiger partial charge in [0.2, 0.25) is 5.91 Å². The summed E-state index contributed by atoms with van der Waals surface area (Å²) in [4.78, 5) is 13.4. The number of allylic oxidation sites excluding steroid dienone is 25. The molecule has 3 fully saturated rings. The summed E-state index contributed by atoms with van der Waals surface area (Å²) in [6.45, 7) is 1.51. The molecule has 3 aliphatic heterocycles. The molecule has 3 rings (SSSR count). The molecule has 19 nitrogen and oxygen atoms in total. The monoisotopic (exact) mass is 1340 g/mol. The lowest BCUT2D eigenvalue weighted by atomic mass is 9.96. The molecule has 1 amide bonds. The number of hydrogen-bond acceptors (Lipinski definition) is 18. The molecule has 0 aromatic carbocycles. The predicted octanol–water partition coefficient (Wildman–Crippen LogP) is 9.71. The Morgan fingerprint density at radius 3 is 1.18 bits per heavy atom. The van der Waals surface area contributed by atoms with Crippen molar-refractivity contribution in [2.24, 2.45) is 0 Å². The minimum Gasteiger partial charge on any atom is -0.394 e. The molecular formula is C76H121NO18. The minimum absolute atomic E-state index is 0.202. The van der Waals surface area contributed by atoms with E-state index in [0.717, 1.165) is 122 Å².